The summed E-state index contributed by atoms with van der Waals surface area (Å²) in [5, 5.41) is 0. The van der Waals surface area contributed by atoms with Crippen molar-refractivity contribution in [3.05, 3.63) is 40.6 Å². The third-order valence-electron chi connectivity index (χ3n) is 4.80. The summed E-state index contributed by atoms with van der Waals surface area (Å²) in [6, 6.07) is 6.69. The minimum absolute atomic E-state index is 0.320. The first-order valence-electron chi connectivity index (χ1n) is 7.12. The molecule has 0 N–H and O–H groups in total. The van der Waals surface area contributed by atoms with Crippen molar-refractivity contribution in [2.45, 2.75) is 40.0 Å². The number of Topliss-reactive ketones (excluding diaryl/α,β-unsaturated/α-hetero) is 1. The third kappa shape index (κ3) is 1.73. The molecule has 3 rings (SSSR count). The summed E-state index contributed by atoms with van der Waals surface area (Å²) >= 11 is 0. The number of nitrogens with zero attached hydrogens (tertiary/aromatic N) is 1. The van der Waals surface area contributed by atoms with Gasteiger partial charge < -0.3 is 4.90 Å². The summed E-state index contributed by atoms with van der Waals surface area (Å²) in [4.78, 5) is 14.4. The molecular weight excluding hydrogens is 234 g/mol. The van der Waals surface area contributed by atoms with Crippen LogP contribution in [0.1, 0.15) is 44.2 Å². The van der Waals surface area contributed by atoms with E-state index in [9.17, 15) is 4.79 Å². The predicted molar refractivity (Wildman–Crippen MR) is 78.4 cm³/mol. The Morgan fingerprint density at radius 3 is 2.63 bits per heavy atom. The minimum Gasteiger partial charge on any atom is -0.344 e. The van der Waals surface area contributed by atoms with Crippen molar-refractivity contribution < 1.29 is 4.79 Å². The SMILES string of the molecule is CC1=C2C(C)C(C)c3cc(C)ccc3N2CCC1=O. The molecule has 2 aliphatic rings. The molecular formula is C17H21NO. The van der Waals surface area contributed by atoms with E-state index in [4.69, 9.17) is 0 Å². The van der Waals surface area contributed by atoms with Gasteiger partial charge in [-0.3, -0.25) is 4.79 Å². The molecule has 2 heterocycles. The fraction of sp³-hybridized carbons (Fsp3) is 0.471. The average Bonchev–Trinajstić information content (AvgIpc) is 2.39. The fourth-order valence-electron chi connectivity index (χ4n) is 3.49. The summed E-state index contributed by atoms with van der Waals surface area (Å²) in [6.07, 6.45) is 0.643. The van der Waals surface area contributed by atoms with E-state index in [1.54, 1.807) is 0 Å². The molecule has 1 aromatic carbocycles. The lowest BCUT2D eigenvalue weighted by atomic mass is 9.77. The Balaban J connectivity index is 2.23. The molecule has 0 bridgehead atoms. The molecule has 0 radical (unpaired) electrons. The zero-order valence-electron chi connectivity index (χ0n) is 12.2. The molecule has 2 aliphatic heterocycles. The van der Waals surface area contributed by atoms with Crippen LogP contribution in [0.2, 0.25) is 0 Å². The number of anilines is 1. The summed E-state index contributed by atoms with van der Waals surface area (Å²) in [5.74, 6) is 1.21. The van der Waals surface area contributed by atoms with Gasteiger partial charge in [-0.05, 0) is 31.4 Å². The van der Waals surface area contributed by atoms with Crippen molar-refractivity contribution in [3.63, 3.8) is 0 Å². The molecule has 0 aliphatic carbocycles. The lowest BCUT2D eigenvalue weighted by Gasteiger charge is -2.44. The van der Waals surface area contributed by atoms with Crippen molar-refractivity contribution in [2.75, 3.05) is 11.4 Å². The Kier molecular flexibility index (Phi) is 2.77. The zero-order valence-corrected chi connectivity index (χ0v) is 12.2. The van der Waals surface area contributed by atoms with Crippen LogP contribution >= 0.6 is 0 Å². The molecule has 1 aromatic rings. The van der Waals surface area contributed by atoms with Crippen molar-refractivity contribution in [2.24, 2.45) is 5.92 Å². The van der Waals surface area contributed by atoms with Crippen molar-refractivity contribution >= 4 is 11.5 Å². The number of aryl methyl sites for hydroxylation is 1. The minimum atomic E-state index is 0.320. The summed E-state index contributed by atoms with van der Waals surface area (Å²) < 4.78 is 0. The quantitative estimate of drug-likeness (QED) is 0.702. The van der Waals surface area contributed by atoms with E-state index in [2.05, 4.69) is 43.9 Å². The monoisotopic (exact) mass is 255 g/mol. The van der Waals surface area contributed by atoms with Gasteiger partial charge in [0.2, 0.25) is 0 Å². The first-order valence-corrected chi connectivity index (χ1v) is 7.12. The van der Waals surface area contributed by atoms with Gasteiger partial charge in [0.15, 0.2) is 5.78 Å². The van der Waals surface area contributed by atoms with Gasteiger partial charge >= 0.3 is 0 Å². The number of fused-ring (bicyclic) bond motifs is 3. The average molecular weight is 255 g/mol. The Labute approximate surface area is 115 Å². The second-order valence-electron chi connectivity index (χ2n) is 5.97. The summed E-state index contributed by atoms with van der Waals surface area (Å²) in [7, 11) is 0. The van der Waals surface area contributed by atoms with Crippen LogP contribution in [0.25, 0.3) is 0 Å². The van der Waals surface area contributed by atoms with Gasteiger partial charge in [-0.1, -0.05) is 31.5 Å². The molecule has 0 amide bonds. The van der Waals surface area contributed by atoms with Crippen molar-refractivity contribution in [3.8, 4) is 0 Å². The van der Waals surface area contributed by atoms with Gasteiger partial charge in [0.1, 0.15) is 0 Å². The largest absolute Gasteiger partial charge is 0.344 e. The number of carbonyl (C=O) groups excluding carboxylic acids is 1. The van der Waals surface area contributed by atoms with Gasteiger partial charge in [-0.2, -0.15) is 0 Å². The third-order valence-corrected chi connectivity index (χ3v) is 4.80. The van der Waals surface area contributed by atoms with Gasteiger partial charge in [-0.25, -0.2) is 0 Å². The number of hydrogen-bond acceptors (Lipinski definition) is 2. The molecule has 2 unspecified atom stereocenters. The van der Waals surface area contributed by atoms with Crippen molar-refractivity contribution in [1.82, 2.24) is 0 Å². The lowest BCUT2D eigenvalue weighted by Crippen LogP contribution is -2.40. The van der Waals surface area contributed by atoms with E-state index in [0.717, 1.165) is 12.1 Å². The molecule has 0 aromatic heterocycles. The van der Waals surface area contributed by atoms with Crippen LogP contribution in [-0.2, 0) is 4.79 Å². The Morgan fingerprint density at radius 1 is 1.16 bits per heavy atom. The van der Waals surface area contributed by atoms with E-state index < -0.39 is 0 Å². The first kappa shape index (κ1) is 12.5. The van der Waals surface area contributed by atoms with Crippen molar-refractivity contribution in [1.29, 1.82) is 0 Å². The van der Waals surface area contributed by atoms with Gasteiger partial charge in [0.25, 0.3) is 0 Å². The van der Waals surface area contributed by atoms with Gasteiger partial charge in [-0.15, -0.1) is 0 Å². The topological polar surface area (TPSA) is 20.3 Å². The van der Waals surface area contributed by atoms with Crippen LogP contribution in [0.5, 0.6) is 0 Å². The van der Waals surface area contributed by atoms with Crippen LogP contribution in [0.3, 0.4) is 0 Å². The highest BCUT2D eigenvalue weighted by atomic mass is 16.1. The van der Waals surface area contributed by atoms with E-state index in [-0.39, 0.29) is 0 Å². The highest BCUT2D eigenvalue weighted by molar-refractivity contribution is 5.98. The van der Waals surface area contributed by atoms with E-state index >= 15 is 0 Å². The highest BCUT2D eigenvalue weighted by Crippen LogP contribution is 2.46. The number of carbonyl (C=O) groups is 1. The van der Waals surface area contributed by atoms with E-state index in [1.165, 1.54) is 22.5 Å². The molecule has 0 saturated carbocycles. The second-order valence-corrected chi connectivity index (χ2v) is 5.97. The lowest BCUT2D eigenvalue weighted by molar-refractivity contribution is -0.115. The number of allylic oxidation sites excluding steroid dienone is 2. The second kappa shape index (κ2) is 4.22. The molecule has 2 atom stereocenters. The Bertz CT molecular complexity index is 585. The molecule has 0 saturated heterocycles. The van der Waals surface area contributed by atoms with Crippen LogP contribution in [0, 0.1) is 12.8 Å². The van der Waals surface area contributed by atoms with Gasteiger partial charge in [0, 0.05) is 35.8 Å². The fourth-order valence-corrected chi connectivity index (χ4v) is 3.49. The Morgan fingerprint density at radius 2 is 1.89 bits per heavy atom. The molecule has 19 heavy (non-hydrogen) atoms. The zero-order chi connectivity index (χ0) is 13.7. The van der Waals surface area contributed by atoms with E-state index in [0.29, 0.717) is 24.0 Å². The number of hydrogen-bond donors (Lipinski definition) is 0. The van der Waals surface area contributed by atoms with Gasteiger partial charge in [0.05, 0.1) is 0 Å². The smallest absolute Gasteiger partial charge is 0.162 e. The molecule has 100 valence electrons. The first-order chi connectivity index (χ1) is 9.00. The number of ketones is 1. The standard InChI is InChI=1S/C17H21NO/c1-10-5-6-15-14(9-10)11(2)12(3)17-13(4)16(19)7-8-18(15)17/h5-6,9,11-12H,7-8H2,1-4H3. The van der Waals surface area contributed by atoms with Crippen LogP contribution in [-0.4, -0.2) is 12.3 Å². The highest BCUT2D eigenvalue weighted by Gasteiger charge is 2.36. The maximum Gasteiger partial charge on any atom is 0.162 e. The Hall–Kier alpha value is -1.57. The molecule has 0 fully saturated rings. The van der Waals surface area contributed by atoms with Crippen LogP contribution < -0.4 is 4.90 Å². The normalized spacial score (nSPS) is 26.3. The maximum atomic E-state index is 12.0. The maximum absolute atomic E-state index is 12.0. The van der Waals surface area contributed by atoms with Crippen LogP contribution in [0.15, 0.2) is 29.5 Å². The summed E-state index contributed by atoms with van der Waals surface area (Å²) in [5.41, 5.74) is 6.27. The summed E-state index contributed by atoms with van der Waals surface area (Å²) in [6.45, 7) is 9.50. The molecule has 2 heteroatoms. The predicted octanol–water partition coefficient (Wildman–Crippen LogP) is 3.80. The van der Waals surface area contributed by atoms with E-state index in [1.807, 2.05) is 6.92 Å². The molecule has 2 nitrogen and oxygen atoms in total. The van der Waals surface area contributed by atoms with Crippen LogP contribution in [0.4, 0.5) is 5.69 Å². The number of benzene rings is 1. The number of rotatable bonds is 0. The molecule has 0 spiro atoms.